The fraction of sp³-hybridized carbons (Fsp3) is 0.720. The molecule has 0 heterocycles. The van der Waals surface area contributed by atoms with Gasteiger partial charge in [0, 0.05) is 0 Å². The zero-order valence-electron chi connectivity index (χ0n) is 22.5. The molecule has 0 fully saturated rings. The van der Waals surface area contributed by atoms with E-state index in [9.17, 15) is 26.3 Å². The van der Waals surface area contributed by atoms with Gasteiger partial charge in [0.25, 0.3) is 0 Å². The quantitative estimate of drug-likeness (QED) is 0.315. The fourth-order valence-electron chi connectivity index (χ4n) is 1.85. The molecule has 0 bridgehead atoms. The molecule has 35 heavy (non-hydrogen) atoms. The van der Waals surface area contributed by atoms with Crippen LogP contribution in [0.5, 0.6) is 0 Å². The summed E-state index contributed by atoms with van der Waals surface area (Å²) in [6, 6.07) is 6.67. The Morgan fingerprint density at radius 2 is 1.00 bits per heavy atom. The van der Waals surface area contributed by atoms with Gasteiger partial charge < -0.3 is 10.2 Å². The van der Waals surface area contributed by atoms with Gasteiger partial charge in [0.05, 0.1) is 0 Å². The van der Waals surface area contributed by atoms with E-state index in [1.165, 1.54) is 16.8 Å². The normalized spacial score (nSPS) is 12.9. The summed E-state index contributed by atoms with van der Waals surface area (Å²) in [6.45, 7) is 18.6. The van der Waals surface area contributed by atoms with Crippen molar-refractivity contribution < 1.29 is 54.5 Å². The van der Waals surface area contributed by atoms with Crippen molar-refractivity contribution in [3.8, 4) is 0 Å². The van der Waals surface area contributed by atoms with E-state index in [-0.39, 0.29) is 0 Å². The Hall–Kier alpha value is -0.922. The SMILES string of the molecule is CC(C)(O)C(F)(F)F.CC(C)(O)C(F)(F)F.CC(C)c1cccc(C(C)C)c1[N]=[W]=[CH]C(C)(C)C. The topological polar surface area (TPSA) is 52.8 Å². The molecule has 0 aromatic heterocycles. The predicted molar refractivity (Wildman–Crippen MR) is 127 cm³/mol. The Morgan fingerprint density at radius 3 is 1.20 bits per heavy atom. The number of aliphatic hydroxyl groups is 2. The van der Waals surface area contributed by atoms with Crippen molar-refractivity contribution >= 4 is 10.1 Å². The molecule has 0 unspecified atom stereocenters. The summed E-state index contributed by atoms with van der Waals surface area (Å²) >= 11 is -0.757. The molecule has 1 aromatic rings. The van der Waals surface area contributed by atoms with Gasteiger partial charge in [-0.2, -0.15) is 26.3 Å². The number of nitrogens with zero attached hydrogens (tertiary/aromatic N) is 1. The van der Waals surface area contributed by atoms with Crippen molar-refractivity contribution in [2.24, 2.45) is 8.91 Å². The first-order valence-electron chi connectivity index (χ1n) is 11.1. The molecule has 1 aromatic carbocycles. The summed E-state index contributed by atoms with van der Waals surface area (Å²) in [6.07, 6.45) is -9.01. The molecule has 0 spiro atoms. The Bertz CT molecular complexity index is 760. The van der Waals surface area contributed by atoms with Crippen molar-refractivity contribution in [2.45, 2.75) is 112 Å². The van der Waals surface area contributed by atoms with Crippen LogP contribution in [-0.2, 0) is 17.9 Å². The number of rotatable bonds is 3. The van der Waals surface area contributed by atoms with Gasteiger partial charge in [-0.1, -0.05) is 0 Å². The van der Waals surface area contributed by atoms with Gasteiger partial charge in [0.2, 0.25) is 0 Å². The van der Waals surface area contributed by atoms with Gasteiger partial charge in [-0.05, 0) is 27.7 Å². The van der Waals surface area contributed by atoms with Crippen LogP contribution in [0.4, 0.5) is 32.0 Å². The van der Waals surface area contributed by atoms with E-state index >= 15 is 0 Å². The molecule has 10 heteroatoms. The number of hydrogen-bond acceptors (Lipinski definition) is 3. The Morgan fingerprint density at radius 1 is 0.714 bits per heavy atom. The summed E-state index contributed by atoms with van der Waals surface area (Å²) in [5.74, 6) is 1.09. The van der Waals surface area contributed by atoms with Crippen LogP contribution in [0.25, 0.3) is 0 Å². The molecule has 0 aliphatic carbocycles. The first-order chi connectivity index (χ1) is 15.2. The van der Waals surface area contributed by atoms with E-state index in [2.05, 4.69) is 71.1 Å². The predicted octanol–water partition coefficient (Wildman–Crippen LogP) is 8.32. The molecule has 0 amide bonds. The summed E-state index contributed by atoms with van der Waals surface area (Å²) in [5.41, 5.74) is -0.709. The van der Waals surface area contributed by atoms with Crippen LogP contribution in [0.2, 0.25) is 0 Å². The van der Waals surface area contributed by atoms with Crippen LogP contribution < -0.4 is 0 Å². The minimum absolute atomic E-state index is 0.304. The number of halogens is 6. The van der Waals surface area contributed by atoms with E-state index in [0.29, 0.717) is 44.9 Å². The molecule has 0 atom stereocenters. The second kappa shape index (κ2) is 13.6. The van der Waals surface area contributed by atoms with E-state index in [4.69, 9.17) is 13.7 Å². The van der Waals surface area contributed by atoms with E-state index < -0.39 is 41.5 Å². The molecular weight excluding hydrogens is 644 g/mol. The third-order valence-electron chi connectivity index (χ3n) is 4.28. The number of benzene rings is 1. The molecule has 0 saturated carbocycles. The monoisotopic (exact) mass is 685 g/mol. The van der Waals surface area contributed by atoms with Gasteiger partial charge in [-0.3, -0.25) is 0 Å². The van der Waals surface area contributed by atoms with Crippen LogP contribution in [-0.4, -0.2) is 38.2 Å². The molecular formula is C25H41F6NO2W. The van der Waals surface area contributed by atoms with Crippen LogP contribution in [0.15, 0.2) is 21.7 Å². The second-order valence-electron chi connectivity index (χ2n) is 10.9. The maximum atomic E-state index is 11.3. The molecule has 0 radical (unpaired) electrons. The minimum atomic E-state index is -4.51. The summed E-state index contributed by atoms with van der Waals surface area (Å²) in [5, 5.41) is 16.5. The van der Waals surface area contributed by atoms with E-state index in [1.807, 2.05) is 0 Å². The molecule has 206 valence electrons. The van der Waals surface area contributed by atoms with E-state index in [0.717, 1.165) is 0 Å². The molecule has 0 aliphatic rings. The van der Waals surface area contributed by atoms with Crippen molar-refractivity contribution in [3.05, 3.63) is 29.3 Å². The Labute approximate surface area is 214 Å². The fourth-order valence-corrected chi connectivity index (χ4v) is 4.32. The zero-order chi connectivity index (χ0) is 28.6. The molecule has 0 saturated heterocycles. The van der Waals surface area contributed by atoms with Crippen LogP contribution in [0, 0.1) is 5.41 Å². The first kappa shape index (κ1) is 36.2. The van der Waals surface area contributed by atoms with Crippen LogP contribution >= 0.6 is 0 Å². The van der Waals surface area contributed by atoms with Crippen molar-refractivity contribution in [1.82, 2.24) is 0 Å². The number of alkyl halides is 6. The van der Waals surface area contributed by atoms with Crippen molar-refractivity contribution in [2.75, 3.05) is 0 Å². The Balaban J connectivity index is 0. The third kappa shape index (κ3) is 15.0. The van der Waals surface area contributed by atoms with E-state index in [1.54, 1.807) is 0 Å². The Kier molecular flexibility index (Phi) is 14.1. The van der Waals surface area contributed by atoms with Gasteiger partial charge in [-0.15, -0.1) is 0 Å². The molecule has 3 nitrogen and oxygen atoms in total. The average Bonchev–Trinajstić information content (AvgIpc) is 2.58. The third-order valence-corrected chi connectivity index (χ3v) is 8.23. The maximum absolute atomic E-state index is 11.3. The first-order valence-corrected chi connectivity index (χ1v) is 14.1. The van der Waals surface area contributed by atoms with Crippen LogP contribution in [0.3, 0.4) is 0 Å². The van der Waals surface area contributed by atoms with Gasteiger partial charge in [0.1, 0.15) is 0 Å². The summed E-state index contributed by atoms with van der Waals surface area (Å²) in [7, 11) is 0. The standard InChI is InChI=1S/C12H17N.C5H10.2C4H7F3O.W/c1-8(2)10-6-5-7-11(9(3)4)12(10)13;1-5(2,3)4;2*1-3(2,8)4(5,6)7;/h5-9H,1-4H3;1H,2-4H3;2*8H,1-2H3;. The average molecular weight is 685 g/mol. The molecule has 2 N–H and O–H groups in total. The summed E-state index contributed by atoms with van der Waals surface area (Å²) < 4.78 is 75.4. The molecule has 0 aliphatic heterocycles. The van der Waals surface area contributed by atoms with Crippen LogP contribution in [0.1, 0.15) is 99.1 Å². The van der Waals surface area contributed by atoms with Gasteiger partial charge >= 0.3 is 139 Å². The summed E-state index contributed by atoms with van der Waals surface area (Å²) in [4.78, 5) is 0. The number of hydrogen-bond donors (Lipinski definition) is 2. The van der Waals surface area contributed by atoms with Gasteiger partial charge in [0.15, 0.2) is 11.2 Å². The second-order valence-corrected chi connectivity index (χ2v) is 13.1. The van der Waals surface area contributed by atoms with Crippen molar-refractivity contribution in [3.63, 3.8) is 0 Å². The zero-order valence-corrected chi connectivity index (χ0v) is 25.4. The van der Waals surface area contributed by atoms with Crippen molar-refractivity contribution in [1.29, 1.82) is 0 Å². The molecule has 1 rings (SSSR count). The van der Waals surface area contributed by atoms with Gasteiger partial charge in [-0.25, -0.2) is 0 Å².